The molecule has 1 aliphatic rings. The zero-order valence-corrected chi connectivity index (χ0v) is 13.7. The smallest absolute Gasteiger partial charge is 0.255 e. The van der Waals surface area contributed by atoms with Gasteiger partial charge < -0.3 is 10.2 Å². The molecule has 4 nitrogen and oxygen atoms in total. The summed E-state index contributed by atoms with van der Waals surface area (Å²) in [5.74, 6) is 1.60. The minimum atomic E-state index is -0.102. The van der Waals surface area contributed by atoms with E-state index in [1.165, 1.54) is 12.8 Å². The van der Waals surface area contributed by atoms with Crippen molar-refractivity contribution in [3.05, 3.63) is 53.7 Å². The van der Waals surface area contributed by atoms with Gasteiger partial charge in [-0.15, -0.1) is 0 Å². The van der Waals surface area contributed by atoms with E-state index in [-0.39, 0.29) is 5.91 Å². The molecule has 1 aromatic heterocycles. The van der Waals surface area contributed by atoms with Crippen LogP contribution in [0.25, 0.3) is 0 Å². The Labute approximate surface area is 137 Å². The molecule has 120 valence electrons. The molecule has 1 N–H and O–H groups in total. The summed E-state index contributed by atoms with van der Waals surface area (Å²) in [5, 5.41) is 2.90. The number of aryl methyl sites for hydroxylation is 1. The van der Waals surface area contributed by atoms with Crippen LogP contribution >= 0.6 is 0 Å². The Kier molecular flexibility index (Phi) is 4.60. The maximum Gasteiger partial charge on any atom is 0.255 e. The summed E-state index contributed by atoms with van der Waals surface area (Å²) in [5.41, 5.74) is 2.47. The molecule has 0 aliphatic carbocycles. The van der Waals surface area contributed by atoms with Gasteiger partial charge in [0.05, 0.1) is 11.9 Å². The lowest BCUT2D eigenvalue weighted by Gasteiger charge is -2.31. The van der Waals surface area contributed by atoms with Crippen LogP contribution in [-0.2, 0) is 0 Å². The Bertz CT molecular complexity index is 681. The van der Waals surface area contributed by atoms with Crippen molar-refractivity contribution in [2.45, 2.75) is 26.7 Å². The molecule has 0 bridgehead atoms. The lowest BCUT2D eigenvalue weighted by Crippen LogP contribution is -2.34. The van der Waals surface area contributed by atoms with Crippen molar-refractivity contribution in [1.82, 2.24) is 4.98 Å². The molecule has 0 radical (unpaired) electrons. The number of benzene rings is 1. The molecule has 0 spiro atoms. The number of piperidine rings is 1. The highest BCUT2D eigenvalue weighted by atomic mass is 16.1. The average Bonchev–Trinajstić information content (AvgIpc) is 2.55. The first-order valence-corrected chi connectivity index (χ1v) is 8.21. The van der Waals surface area contributed by atoms with Crippen LogP contribution in [0, 0.1) is 12.8 Å². The van der Waals surface area contributed by atoms with E-state index >= 15 is 0 Å². The number of carbonyl (C=O) groups excluding carboxylic acids is 1. The summed E-state index contributed by atoms with van der Waals surface area (Å²) in [6, 6.07) is 11.5. The molecule has 4 heteroatoms. The van der Waals surface area contributed by atoms with E-state index in [1.54, 1.807) is 6.20 Å². The second-order valence-electron chi connectivity index (χ2n) is 6.42. The number of carbonyl (C=O) groups is 1. The van der Waals surface area contributed by atoms with Gasteiger partial charge in [-0.25, -0.2) is 4.98 Å². The van der Waals surface area contributed by atoms with Gasteiger partial charge in [-0.2, -0.15) is 0 Å². The van der Waals surface area contributed by atoms with E-state index in [0.29, 0.717) is 11.5 Å². The van der Waals surface area contributed by atoms with Gasteiger partial charge in [-0.3, -0.25) is 4.79 Å². The van der Waals surface area contributed by atoms with Gasteiger partial charge >= 0.3 is 0 Å². The number of nitrogens with one attached hydrogen (secondary N) is 1. The number of rotatable bonds is 3. The topological polar surface area (TPSA) is 45.2 Å². The average molecular weight is 309 g/mol. The largest absolute Gasteiger partial charge is 0.356 e. The SMILES string of the molecule is Cc1cccc(C(=O)Nc2ccc(N3CCCC(C)C3)nc2)c1. The van der Waals surface area contributed by atoms with E-state index < -0.39 is 0 Å². The highest BCUT2D eigenvalue weighted by Crippen LogP contribution is 2.22. The summed E-state index contributed by atoms with van der Waals surface area (Å²) in [6.07, 6.45) is 4.25. The van der Waals surface area contributed by atoms with E-state index in [9.17, 15) is 4.79 Å². The quantitative estimate of drug-likeness (QED) is 0.936. The third kappa shape index (κ3) is 3.89. The molecule has 1 fully saturated rings. The van der Waals surface area contributed by atoms with Crippen molar-refractivity contribution in [3.63, 3.8) is 0 Å². The summed E-state index contributed by atoms with van der Waals surface area (Å²) >= 11 is 0. The predicted molar refractivity (Wildman–Crippen MR) is 94.0 cm³/mol. The fraction of sp³-hybridized carbons (Fsp3) is 0.368. The molecule has 1 amide bonds. The number of hydrogen-bond donors (Lipinski definition) is 1. The highest BCUT2D eigenvalue weighted by molar-refractivity contribution is 6.04. The van der Waals surface area contributed by atoms with Crippen molar-refractivity contribution in [3.8, 4) is 0 Å². The van der Waals surface area contributed by atoms with Gasteiger partial charge in [-0.05, 0) is 49.9 Å². The molecule has 1 saturated heterocycles. The highest BCUT2D eigenvalue weighted by Gasteiger charge is 2.17. The Balaban J connectivity index is 1.66. The molecule has 3 rings (SSSR count). The van der Waals surface area contributed by atoms with Crippen LogP contribution in [0.5, 0.6) is 0 Å². The van der Waals surface area contributed by atoms with Gasteiger partial charge in [0.15, 0.2) is 0 Å². The Morgan fingerprint density at radius 2 is 2.17 bits per heavy atom. The van der Waals surface area contributed by atoms with Crippen LogP contribution in [0.1, 0.15) is 35.7 Å². The Hall–Kier alpha value is -2.36. The summed E-state index contributed by atoms with van der Waals surface area (Å²) in [4.78, 5) is 19.1. The number of amides is 1. The normalized spacial score (nSPS) is 17.8. The Morgan fingerprint density at radius 1 is 1.30 bits per heavy atom. The van der Waals surface area contributed by atoms with E-state index in [1.807, 2.05) is 43.3 Å². The first-order chi connectivity index (χ1) is 11.1. The third-order valence-corrected chi connectivity index (χ3v) is 4.27. The molecule has 2 heterocycles. The maximum absolute atomic E-state index is 12.2. The Morgan fingerprint density at radius 3 is 2.87 bits per heavy atom. The van der Waals surface area contributed by atoms with Gasteiger partial charge in [0.1, 0.15) is 5.82 Å². The summed E-state index contributed by atoms with van der Waals surface area (Å²) in [6.45, 7) is 6.38. The molecular weight excluding hydrogens is 286 g/mol. The molecule has 23 heavy (non-hydrogen) atoms. The van der Waals surface area contributed by atoms with E-state index in [2.05, 4.69) is 22.1 Å². The van der Waals surface area contributed by atoms with Crippen molar-refractivity contribution in [1.29, 1.82) is 0 Å². The standard InChI is InChI=1S/C19H23N3O/c1-14-5-3-7-16(11-14)19(23)21-17-8-9-18(20-12-17)22-10-4-6-15(2)13-22/h3,5,7-9,11-12,15H,4,6,10,13H2,1-2H3,(H,21,23). The molecule has 0 saturated carbocycles. The molecular formula is C19H23N3O. The van der Waals surface area contributed by atoms with Crippen LogP contribution in [0.2, 0.25) is 0 Å². The fourth-order valence-corrected chi connectivity index (χ4v) is 3.03. The number of pyridine rings is 1. The van der Waals surface area contributed by atoms with Crippen LogP contribution in [-0.4, -0.2) is 24.0 Å². The first-order valence-electron chi connectivity index (χ1n) is 8.21. The van der Waals surface area contributed by atoms with Gasteiger partial charge in [0.25, 0.3) is 5.91 Å². The second-order valence-corrected chi connectivity index (χ2v) is 6.42. The number of anilines is 2. The van der Waals surface area contributed by atoms with Crippen molar-refractivity contribution >= 4 is 17.4 Å². The number of hydrogen-bond acceptors (Lipinski definition) is 3. The van der Waals surface area contributed by atoms with Gasteiger partial charge in [0, 0.05) is 18.7 Å². The van der Waals surface area contributed by atoms with Crippen LogP contribution in [0.15, 0.2) is 42.6 Å². The lowest BCUT2D eigenvalue weighted by molar-refractivity contribution is 0.102. The van der Waals surface area contributed by atoms with Crippen molar-refractivity contribution < 1.29 is 4.79 Å². The van der Waals surface area contributed by atoms with E-state index in [0.717, 1.165) is 30.2 Å². The number of aromatic nitrogens is 1. The zero-order valence-electron chi connectivity index (χ0n) is 13.7. The zero-order chi connectivity index (χ0) is 16.2. The fourth-order valence-electron chi connectivity index (χ4n) is 3.03. The van der Waals surface area contributed by atoms with Crippen LogP contribution in [0.3, 0.4) is 0 Å². The first kappa shape index (κ1) is 15.5. The number of nitrogens with zero attached hydrogens (tertiary/aromatic N) is 2. The maximum atomic E-state index is 12.2. The molecule has 1 aliphatic heterocycles. The summed E-state index contributed by atoms with van der Waals surface area (Å²) in [7, 11) is 0. The molecule has 2 aromatic rings. The lowest BCUT2D eigenvalue weighted by atomic mass is 10.0. The minimum absolute atomic E-state index is 0.102. The second kappa shape index (κ2) is 6.82. The van der Waals surface area contributed by atoms with Crippen LogP contribution in [0.4, 0.5) is 11.5 Å². The predicted octanol–water partition coefficient (Wildman–Crippen LogP) is 3.88. The monoisotopic (exact) mass is 309 g/mol. The molecule has 1 unspecified atom stereocenters. The third-order valence-electron chi connectivity index (χ3n) is 4.27. The molecule has 1 atom stereocenters. The van der Waals surface area contributed by atoms with Crippen molar-refractivity contribution in [2.24, 2.45) is 5.92 Å². The van der Waals surface area contributed by atoms with Gasteiger partial charge in [-0.1, -0.05) is 24.6 Å². The van der Waals surface area contributed by atoms with Crippen LogP contribution < -0.4 is 10.2 Å². The van der Waals surface area contributed by atoms with Crippen molar-refractivity contribution in [2.75, 3.05) is 23.3 Å². The van der Waals surface area contributed by atoms with E-state index in [4.69, 9.17) is 0 Å². The molecule has 1 aromatic carbocycles. The minimum Gasteiger partial charge on any atom is -0.356 e. The van der Waals surface area contributed by atoms with Gasteiger partial charge in [0.2, 0.25) is 0 Å². The summed E-state index contributed by atoms with van der Waals surface area (Å²) < 4.78 is 0.